The number of hydrogen-bond donors (Lipinski definition) is 2. The van der Waals surface area contributed by atoms with Crippen molar-refractivity contribution in [2.24, 2.45) is 5.10 Å². The molecule has 0 heterocycles. The first-order valence-corrected chi connectivity index (χ1v) is 11.1. The molecular weight excluding hydrogens is 454 g/mol. The van der Waals surface area contributed by atoms with Gasteiger partial charge in [0.15, 0.2) is 18.1 Å². The van der Waals surface area contributed by atoms with Crippen LogP contribution >= 0.6 is 11.6 Å². The predicted octanol–water partition coefficient (Wildman–Crippen LogP) is 5.14. The number of amides is 2. The minimum Gasteiger partial charge on any atom is -0.490 e. The monoisotopic (exact) mass is 479 g/mol. The third-order valence-corrected chi connectivity index (χ3v) is 5.16. The number of carbonyl (C=O) groups excluding carboxylic acids is 2. The molecule has 3 aromatic rings. The van der Waals surface area contributed by atoms with E-state index >= 15 is 0 Å². The standard InChI is InChI=1S/C26H26ClN3O4/c1-4-33-24-14-19(15-28-30-26(32)20-7-9-21(27)10-8-20)6-12-23(24)34-16-25(31)29-22-11-5-17(2)18(3)13-22/h5-15H,4,16H2,1-3H3,(H,29,31)(H,30,32)/b28-15-. The minimum absolute atomic E-state index is 0.169. The van der Waals surface area contributed by atoms with Crippen molar-refractivity contribution in [3.63, 3.8) is 0 Å². The molecule has 34 heavy (non-hydrogen) atoms. The molecule has 0 bridgehead atoms. The van der Waals surface area contributed by atoms with Gasteiger partial charge in [-0.2, -0.15) is 5.10 Å². The van der Waals surface area contributed by atoms with Gasteiger partial charge in [0.1, 0.15) is 0 Å². The second-order valence-corrected chi connectivity index (χ2v) is 7.92. The van der Waals surface area contributed by atoms with E-state index in [0.717, 1.165) is 11.1 Å². The number of nitrogens with one attached hydrogen (secondary N) is 2. The molecule has 0 aliphatic rings. The molecule has 0 saturated heterocycles. The second kappa shape index (κ2) is 11.9. The normalized spacial score (nSPS) is 10.7. The van der Waals surface area contributed by atoms with Crippen molar-refractivity contribution in [3.8, 4) is 11.5 Å². The van der Waals surface area contributed by atoms with Crippen LogP contribution in [0.1, 0.15) is 34.0 Å². The summed E-state index contributed by atoms with van der Waals surface area (Å²) in [4.78, 5) is 24.4. The molecular formula is C26H26ClN3O4. The quantitative estimate of drug-likeness (QED) is 0.328. The fraction of sp³-hybridized carbons (Fsp3) is 0.192. The molecule has 3 aromatic carbocycles. The van der Waals surface area contributed by atoms with Crippen molar-refractivity contribution in [2.75, 3.05) is 18.5 Å². The van der Waals surface area contributed by atoms with Crippen LogP contribution in [-0.2, 0) is 4.79 Å². The van der Waals surface area contributed by atoms with Crippen LogP contribution < -0.4 is 20.2 Å². The molecule has 0 atom stereocenters. The van der Waals surface area contributed by atoms with Crippen LogP contribution in [0.2, 0.25) is 5.02 Å². The summed E-state index contributed by atoms with van der Waals surface area (Å²) in [5.41, 5.74) is 6.57. The van der Waals surface area contributed by atoms with E-state index in [-0.39, 0.29) is 18.4 Å². The zero-order valence-electron chi connectivity index (χ0n) is 19.2. The van der Waals surface area contributed by atoms with Crippen LogP contribution in [0.25, 0.3) is 0 Å². The van der Waals surface area contributed by atoms with Gasteiger partial charge in [-0.3, -0.25) is 9.59 Å². The maximum atomic E-state index is 12.3. The van der Waals surface area contributed by atoms with Crippen LogP contribution in [0.4, 0.5) is 5.69 Å². The summed E-state index contributed by atoms with van der Waals surface area (Å²) in [7, 11) is 0. The van der Waals surface area contributed by atoms with Gasteiger partial charge in [-0.25, -0.2) is 5.43 Å². The Morgan fingerprint density at radius 2 is 1.71 bits per heavy atom. The van der Waals surface area contributed by atoms with Crippen molar-refractivity contribution in [1.29, 1.82) is 0 Å². The van der Waals surface area contributed by atoms with Crippen LogP contribution in [0.15, 0.2) is 65.8 Å². The lowest BCUT2D eigenvalue weighted by atomic mass is 10.1. The van der Waals surface area contributed by atoms with E-state index in [1.807, 2.05) is 39.0 Å². The maximum Gasteiger partial charge on any atom is 0.271 e. The van der Waals surface area contributed by atoms with Gasteiger partial charge in [0.05, 0.1) is 12.8 Å². The molecule has 2 amide bonds. The summed E-state index contributed by atoms with van der Waals surface area (Å²) in [5.74, 6) is 0.267. The van der Waals surface area contributed by atoms with Gasteiger partial charge in [-0.15, -0.1) is 0 Å². The number of benzene rings is 3. The average Bonchev–Trinajstić information content (AvgIpc) is 2.81. The molecule has 3 rings (SSSR count). The summed E-state index contributed by atoms with van der Waals surface area (Å²) in [6.07, 6.45) is 1.49. The molecule has 8 heteroatoms. The minimum atomic E-state index is -0.354. The summed E-state index contributed by atoms with van der Waals surface area (Å²) in [6, 6.07) is 17.4. The number of anilines is 1. The Balaban J connectivity index is 1.59. The summed E-state index contributed by atoms with van der Waals surface area (Å²) < 4.78 is 11.3. The lowest BCUT2D eigenvalue weighted by Crippen LogP contribution is -2.20. The largest absolute Gasteiger partial charge is 0.490 e. The van der Waals surface area contributed by atoms with Crippen molar-refractivity contribution >= 4 is 35.3 Å². The Kier molecular flexibility index (Phi) is 8.65. The molecule has 0 spiro atoms. The van der Waals surface area contributed by atoms with Crippen molar-refractivity contribution in [3.05, 3.63) is 87.9 Å². The van der Waals surface area contributed by atoms with E-state index in [1.54, 1.807) is 42.5 Å². The first-order valence-electron chi connectivity index (χ1n) is 10.7. The van der Waals surface area contributed by atoms with Crippen molar-refractivity contribution in [1.82, 2.24) is 5.43 Å². The summed E-state index contributed by atoms with van der Waals surface area (Å²) in [6.45, 7) is 6.10. The molecule has 176 valence electrons. The number of hydrazone groups is 1. The fourth-order valence-corrected chi connectivity index (χ4v) is 3.11. The molecule has 2 N–H and O–H groups in total. The van der Waals surface area contributed by atoms with E-state index in [4.69, 9.17) is 21.1 Å². The molecule has 0 unspecified atom stereocenters. The van der Waals surface area contributed by atoms with Crippen LogP contribution in [0.5, 0.6) is 11.5 Å². The Morgan fingerprint density at radius 1 is 0.941 bits per heavy atom. The SMILES string of the molecule is CCOc1cc(/C=N\NC(=O)c2ccc(Cl)cc2)ccc1OCC(=O)Nc1ccc(C)c(C)c1. The second-order valence-electron chi connectivity index (χ2n) is 7.48. The number of hydrogen-bond acceptors (Lipinski definition) is 5. The van der Waals surface area contributed by atoms with E-state index in [9.17, 15) is 9.59 Å². The third-order valence-electron chi connectivity index (χ3n) is 4.90. The van der Waals surface area contributed by atoms with Crippen molar-refractivity contribution < 1.29 is 19.1 Å². The molecule has 7 nitrogen and oxygen atoms in total. The Hall–Kier alpha value is -3.84. The molecule has 0 fully saturated rings. The number of ether oxygens (including phenoxy) is 2. The van der Waals surface area contributed by atoms with E-state index in [2.05, 4.69) is 15.8 Å². The third kappa shape index (κ3) is 7.08. The van der Waals surface area contributed by atoms with Crippen LogP contribution in [0, 0.1) is 13.8 Å². The predicted molar refractivity (Wildman–Crippen MR) is 134 cm³/mol. The number of halogens is 1. The fourth-order valence-electron chi connectivity index (χ4n) is 2.98. The van der Waals surface area contributed by atoms with Gasteiger partial charge < -0.3 is 14.8 Å². The van der Waals surface area contributed by atoms with Crippen LogP contribution in [0.3, 0.4) is 0 Å². The molecule has 0 aliphatic carbocycles. The average molecular weight is 480 g/mol. The van der Waals surface area contributed by atoms with Gasteiger partial charge in [0.2, 0.25) is 0 Å². The molecule has 0 aromatic heterocycles. The Labute approximate surface area is 203 Å². The maximum absolute atomic E-state index is 12.3. The number of nitrogens with zero attached hydrogens (tertiary/aromatic N) is 1. The van der Waals surface area contributed by atoms with E-state index in [1.165, 1.54) is 6.21 Å². The van der Waals surface area contributed by atoms with Gasteiger partial charge in [-0.1, -0.05) is 17.7 Å². The van der Waals surface area contributed by atoms with E-state index < -0.39 is 0 Å². The number of carbonyl (C=O) groups is 2. The summed E-state index contributed by atoms with van der Waals surface area (Å²) >= 11 is 5.84. The highest BCUT2D eigenvalue weighted by Gasteiger charge is 2.10. The first kappa shape index (κ1) is 24.8. The smallest absolute Gasteiger partial charge is 0.271 e. The highest BCUT2D eigenvalue weighted by molar-refractivity contribution is 6.30. The molecule has 0 aliphatic heterocycles. The highest BCUT2D eigenvalue weighted by Crippen LogP contribution is 2.28. The van der Waals surface area contributed by atoms with Crippen molar-refractivity contribution in [2.45, 2.75) is 20.8 Å². The van der Waals surface area contributed by atoms with Gasteiger partial charge in [0, 0.05) is 16.3 Å². The topological polar surface area (TPSA) is 89.0 Å². The lowest BCUT2D eigenvalue weighted by Gasteiger charge is -2.13. The number of aryl methyl sites for hydroxylation is 2. The first-order chi connectivity index (χ1) is 16.4. The lowest BCUT2D eigenvalue weighted by molar-refractivity contribution is -0.118. The van der Waals surface area contributed by atoms with Gasteiger partial charge in [-0.05, 0) is 92.1 Å². The summed E-state index contributed by atoms with van der Waals surface area (Å²) in [5, 5.41) is 7.36. The van der Waals surface area contributed by atoms with Gasteiger partial charge >= 0.3 is 0 Å². The Morgan fingerprint density at radius 3 is 2.41 bits per heavy atom. The molecule has 0 radical (unpaired) electrons. The zero-order valence-corrected chi connectivity index (χ0v) is 20.0. The van der Waals surface area contributed by atoms with Gasteiger partial charge in [0.25, 0.3) is 11.8 Å². The van der Waals surface area contributed by atoms with Crippen LogP contribution in [-0.4, -0.2) is 31.2 Å². The zero-order chi connectivity index (χ0) is 24.5. The highest BCUT2D eigenvalue weighted by atomic mass is 35.5. The Bertz CT molecular complexity index is 1190. The molecule has 0 saturated carbocycles. The number of rotatable bonds is 9. The van der Waals surface area contributed by atoms with E-state index in [0.29, 0.717) is 39.9 Å².